The summed E-state index contributed by atoms with van der Waals surface area (Å²) in [5, 5.41) is -0.211. The number of carbonyl (C=O) groups excluding carboxylic acids is 1. The molecule has 1 fully saturated rings. The van der Waals surface area contributed by atoms with E-state index >= 15 is 0 Å². The number of aryl methyl sites for hydroxylation is 1. The molecule has 1 atom stereocenters. The van der Waals surface area contributed by atoms with Crippen molar-refractivity contribution in [3.63, 3.8) is 0 Å². The van der Waals surface area contributed by atoms with Gasteiger partial charge >= 0.3 is 0 Å². The Bertz CT molecular complexity index is 642. The second kappa shape index (κ2) is 6.99. The Morgan fingerprint density at radius 1 is 1.50 bits per heavy atom. The molecule has 22 heavy (non-hydrogen) atoms. The number of amides is 1. The maximum Gasteiger partial charge on any atom is 0.275 e. The Morgan fingerprint density at radius 2 is 2.14 bits per heavy atom. The summed E-state index contributed by atoms with van der Waals surface area (Å²) in [7, 11) is -0.851. The molecule has 0 bridgehead atoms. The lowest BCUT2D eigenvalue weighted by Gasteiger charge is -2.23. The van der Waals surface area contributed by atoms with Crippen LogP contribution in [0.4, 0.5) is 0 Å². The maximum atomic E-state index is 12.5. The first-order valence-corrected chi connectivity index (χ1v) is 8.27. The molecule has 0 saturated carbocycles. The van der Waals surface area contributed by atoms with E-state index < -0.39 is 10.0 Å². The lowest BCUT2D eigenvalue weighted by Crippen LogP contribution is -2.40. The number of nitrogens with zero attached hydrogens (tertiary/aromatic N) is 2. The Labute approximate surface area is 136 Å². The van der Waals surface area contributed by atoms with E-state index in [1.807, 2.05) is 0 Å². The quantitative estimate of drug-likeness (QED) is 0.866. The molecule has 1 saturated heterocycles. The van der Waals surface area contributed by atoms with Crippen molar-refractivity contribution in [3.8, 4) is 0 Å². The number of rotatable bonds is 4. The van der Waals surface area contributed by atoms with Crippen molar-refractivity contribution in [1.29, 1.82) is 0 Å². The fourth-order valence-corrected chi connectivity index (χ4v) is 3.33. The molecule has 126 valence electrons. The minimum absolute atomic E-state index is 0. The van der Waals surface area contributed by atoms with Crippen LogP contribution in [-0.2, 0) is 10.0 Å². The third-order valence-electron chi connectivity index (χ3n) is 3.77. The zero-order chi connectivity index (χ0) is 15.8. The van der Waals surface area contributed by atoms with E-state index in [2.05, 4.69) is 0 Å². The Kier molecular flexibility index (Phi) is 6.03. The minimum Gasteiger partial charge on any atom is -0.448 e. The van der Waals surface area contributed by atoms with Gasteiger partial charge in [0.15, 0.2) is 0 Å². The average molecular weight is 352 g/mol. The van der Waals surface area contributed by atoms with Gasteiger partial charge in [-0.15, -0.1) is 12.4 Å². The van der Waals surface area contributed by atoms with Crippen molar-refractivity contribution in [2.24, 2.45) is 5.73 Å². The summed E-state index contributed by atoms with van der Waals surface area (Å²) >= 11 is 0. The molecule has 2 rings (SSSR count). The van der Waals surface area contributed by atoms with Crippen molar-refractivity contribution in [2.75, 3.05) is 27.2 Å². The smallest absolute Gasteiger partial charge is 0.275 e. The topological polar surface area (TPSA) is 96.8 Å². The number of carbonyl (C=O) groups is 1. The van der Waals surface area contributed by atoms with Gasteiger partial charge in [0.1, 0.15) is 5.76 Å². The second-order valence-electron chi connectivity index (χ2n) is 5.35. The first-order chi connectivity index (χ1) is 9.78. The molecular weight excluding hydrogens is 330 g/mol. The highest BCUT2D eigenvalue weighted by atomic mass is 35.5. The number of hydrogen-bond acceptors (Lipinski definition) is 5. The van der Waals surface area contributed by atoms with E-state index in [-0.39, 0.29) is 35.0 Å². The van der Waals surface area contributed by atoms with Crippen molar-refractivity contribution >= 4 is 28.3 Å². The lowest BCUT2D eigenvalue weighted by atomic mass is 10.2. The highest BCUT2D eigenvalue weighted by molar-refractivity contribution is 7.88. The predicted molar refractivity (Wildman–Crippen MR) is 84.7 cm³/mol. The van der Waals surface area contributed by atoms with Gasteiger partial charge in [0.2, 0.25) is 5.09 Å². The van der Waals surface area contributed by atoms with E-state index in [9.17, 15) is 13.2 Å². The standard InChI is InChI=1S/C13H21N3O4S.ClH/c1-9-11(7-12(20-9)21(18,19)15(2)3)13(17)16-6-4-5-10(16)8-14;/h7,10H,4-6,8,14H2,1-3H3;1H. The molecule has 1 aromatic heterocycles. The minimum atomic E-state index is -3.68. The predicted octanol–water partition coefficient (Wildman–Crippen LogP) is 0.823. The number of hydrogen-bond donors (Lipinski definition) is 1. The summed E-state index contributed by atoms with van der Waals surface area (Å²) in [6.07, 6.45) is 1.79. The molecule has 1 aliphatic heterocycles. The molecule has 1 aliphatic rings. The van der Waals surface area contributed by atoms with E-state index in [0.29, 0.717) is 18.8 Å². The maximum absolute atomic E-state index is 12.5. The van der Waals surface area contributed by atoms with Crippen molar-refractivity contribution in [3.05, 3.63) is 17.4 Å². The normalized spacial score (nSPS) is 18.6. The number of halogens is 1. The van der Waals surface area contributed by atoms with Crippen molar-refractivity contribution in [2.45, 2.75) is 30.9 Å². The zero-order valence-electron chi connectivity index (χ0n) is 12.9. The van der Waals surface area contributed by atoms with E-state index in [1.54, 1.807) is 11.8 Å². The van der Waals surface area contributed by atoms with Gasteiger partial charge in [0.05, 0.1) is 5.56 Å². The van der Waals surface area contributed by atoms with Crippen molar-refractivity contribution in [1.82, 2.24) is 9.21 Å². The van der Waals surface area contributed by atoms with Crippen LogP contribution in [0.15, 0.2) is 15.6 Å². The highest BCUT2D eigenvalue weighted by Gasteiger charge is 2.32. The number of furan rings is 1. The Balaban J connectivity index is 0.00000242. The SMILES string of the molecule is Cc1oc(S(=O)(=O)N(C)C)cc1C(=O)N1CCCC1CN.Cl. The van der Waals surface area contributed by atoms with Crippen molar-refractivity contribution < 1.29 is 17.6 Å². The third-order valence-corrected chi connectivity index (χ3v) is 5.44. The van der Waals surface area contributed by atoms with E-state index in [0.717, 1.165) is 17.1 Å². The van der Waals surface area contributed by atoms with Crippen LogP contribution in [0.5, 0.6) is 0 Å². The molecule has 9 heteroatoms. The molecular formula is C13H22ClN3O4S. The van der Waals surface area contributed by atoms with Crippen LogP contribution in [-0.4, -0.2) is 56.8 Å². The van der Waals surface area contributed by atoms with Gasteiger partial charge in [-0.25, -0.2) is 12.7 Å². The van der Waals surface area contributed by atoms with Gasteiger partial charge < -0.3 is 15.1 Å². The van der Waals surface area contributed by atoms with Crippen LogP contribution in [0, 0.1) is 6.92 Å². The van der Waals surface area contributed by atoms with Crippen LogP contribution in [0.25, 0.3) is 0 Å². The van der Waals surface area contributed by atoms with E-state index in [1.165, 1.54) is 20.2 Å². The van der Waals surface area contributed by atoms with Crippen LogP contribution >= 0.6 is 12.4 Å². The zero-order valence-corrected chi connectivity index (χ0v) is 14.5. The number of sulfonamides is 1. The molecule has 7 nitrogen and oxygen atoms in total. The molecule has 1 unspecified atom stereocenters. The first-order valence-electron chi connectivity index (χ1n) is 6.83. The average Bonchev–Trinajstić information content (AvgIpc) is 3.03. The van der Waals surface area contributed by atoms with Gasteiger partial charge in [0, 0.05) is 39.3 Å². The molecule has 1 amide bonds. The summed E-state index contributed by atoms with van der Waals surface area (Å²) in [5.74, 6) is 0.0903. The largest absolute Gasteiger partial charge is 0.448 e. The number of nitrogens with two attached hydrogens (primary N) is 1. The van der Waals surface area contributed by atoms with Gasteiger partial charge in [-0.1, -0.05) is 0 Å². The fourth-order valence-electron chi connectivity index (χ4n) is 2.48. The summed E-state index contributed by atoms with van der Waals surface area (Å²) < 4.78 is 30.4. The molecule has 0 radical (unpaired) electrons. The summed E-state index contributed by atoms with van der Waals surface area (Å²) in [6.45, 7) is 2.64. The highest BCUT2D eigenvalue weighted by Crippen LogP contribution is 2.25. The van der Waals surface area contributed by atoms with Crippen LogP contribution in [0.1, 0.15) is 29.0 Å². The molecule has 1 aromatic rings. The van der Waals surface area contributed by atoms with Gasteiger partial charge in [-0.05, 0) is 19.8 Å². The Morgan fingerprint density at radius 3 is 2.68 bits per heavy atom. The fraction of sp³-hybridized carbons (Fsp3) is 0.615. The second-order valence-corrected chi connectivity index (χ2v) is 7.44. The molecule has 0 aromatic carbocycles. The summed E-state index contributed by atoms with van der Waals surface area (Å²) in [5.41, 5.74) is 5.96. The molecule has 2 N–H and O–H groups in total. The molecule has 0 aliphatic carbocycles. The summed E-state index contributed by atoms with van der Waals surface area (Å²) in [4.78, 5) is 14.2. The van der Waals surface area contributed by atoms with Gasteiger partial charge in [0.25, 0.3) is 15.9 Å². The lowest BCUT2D eigenvalue weighted by molar-refractivity contribution is 0.0739. The van der Waals surface area contributed by atoms with Gasteiger partial charge in [-0.2, -0.15) is 0 Å². The Hall–Kier alpha value is -1.09. The van der Waals surface area contributed by atoms with Crippen LogP contribution in [0.2, 0.25) is 0 Å². The summed E-state index contributed by atoms with van der Waals surface area (Å²) in [6, 6.07) is 1.32. The van der Waals surface area contributed by atoms with Gasteiger partial charge in [-0.3, -0.25) is 4.79 Å². The van der Waals surface area contributed by atoms with E-state index in [4.69, 9.17) is 10.2 Å². The third kappa shape index (κ3) is 3.29. The monoisotopic (exact) mass is 351 g/mol. The number of likely N-dealkylation sites (tertiary alicyclic amines) is 1. The molecule has 2 heterocycles. The molecule has 0 spiro atoms. The van der Waals surface area contributed by atoms with Crippen LogP contribution < -0.4 is 5.73 Å². The van der Waals surface area contributed by atoms with Crippen LogP contribution in [0.3, 0.4) is 0 Å². The first kappa shape index (κ1) is 19.0.